The molecule has 128 valence electrons. The van der Waals surface area contributed by atoms with Crippen molar-refractivity contribution >= 4 is 17.0 Å². The van der Waals surface area contributed by atoms with Crippen molar-refractivity contribution in [2.24, 2.45) is 11.8 Å². The monoisotopic (exact) mass is 414 g/mol. The molecule has 2 rings (SSSR count). The van der Waals surface area contributed by atoms with Crippen LogP contribution >= 0.6 is 17.0 Å². The summed E-state index contributed by atoms with van der Waals surface area (Å²) in [6.45, 7) is 4.58. The van der Waals surface area contributed by atoms with Crippen molar-refractivity contribution in [3.8, 4) is 0 Å². The molecule has 0 aromatic carbocycles. The Kier molecular flexibility index (Phi) is 27.9. The van der Waals surface area contributed by atoms with Crippen molar-refractivity contribution in [2.75, 3.05) is 0 Å². The van der Waals surface area contributed by atoms with Crippen LogP contribution in [0.15, 0.2) is 0 Å². The van der Waals surface area contributed by atoms with Gasteiger partial charge in [-0.1, -0.05) is 90.9 Å². The van der Waals surface area contributed by atoms with Crippen LogP contribution in [0.2, 0.25) is 0 Å². The Hall–Kier alpha value is 1.46. The Morgan fingerprint density at radius 1 is 0.714 bits per heavy atom. The molecule has 2 saturated carbocycles. The third kappa shape index (κ3) is 17.6. The maximum absolute atomic E-state index is 4.93. The van der Waals surface area contributed by atoms with Crippen LogP contribution in [0, 0.1) is 26.7 Å². The van der Waals surface area contributed by atoms with Crippen LogP contribution in [0.5, 0.6) is 0 Å². The molecule has 0 aromatic rings. The van der Waals surface area contributed by atoms with Gasteiger partial charge in [0.25, 0.3) is 0 Å². The van der Waals surface area contributed by atoms with Gasteiger partial charge < -0.3 is 14.9 Å². The zero-order valence-corrected chi connectivity index (χ0v) is 18.9. The molecule has 0 bridgehead atoms. The molecule has 0 aliphatic heterocycles. The molecule has 0 unspecified atom stereocenters. The first-order chi connectivity index (χ1) is 9.28. The summed E-state index contributed by atoms with van der Waals surface area (Å²) in [7, 11) is 9.87. The zero-order valence-electron chi connectivity index (χ0n) is 14.9. The predicted molar refractivity (Wildman–Crippen MR) is 98.3 cm³/mol. The van der Waals surface area contributed by atoms with E-state index < -0.39 is 20.8 Å². The molecule has 21 heavy (non-hydrogen) atoms. The molecule has 2 aliphatic carbocycles. The summed E-state index contributed by atoms with van der Waals surface area (Å²) in [6, 6.07) is 0. The van der Waals surface area contributed by atoms with Gasteiger partial charge in [0, 0.05) is 0 Å². The summed E-state index contributed by atoms with van der Waals surface area (Å²) < 4.78 is 0. The summed E-state index contributed by atoms with van der Waals surface area (Å²) in [5.74, 6) is 2.22. The van der Waals surface area contributed by atoms with E-state index >= 15 is 0 Å². The average Bonchev–Trinajstić information content (AvgIpc) is 3.05. The van der Waals surface area contributed by atoms with Gasteiger partial charge in [0.15, 0.2) is 0 Å². The Balaban J connectivity index is -0.000000242. The summed E-state index contributed by atoms with van der Waals surface area (Å²) in [5.41, 5.74) is 0. The van der Waals surface area contributed by atoms with Gasteiger partial charge in [-0.25, -0.2) is 0 Å². The number of hydrogen-bond acceptors (Lipinski definition) is 0. The molecule has 0 amide bonds. The SMILES string of the molecule is CCCC1CCCC1.CCCC1CCCC1.[CH3-].[CH3-].[Cl][Zr+2][Cl]. The molecule has 0 saturated heterocycles. The Morgan fingerprint density at radius 2 is 0.952 bits per heavy atom. The molecule has 0 nitrogen and oxygen atoms in total. The molecule has 0 aromatic heterocycles. The van der Waals surface area contributed by atoms with Crippen LogP contribution in [-0.2, 0) is 20.8 Å². The molecule has 0 atom stereocenters. The molecular formula is C18H38Cl2Zr. The topological polar surface area (TPSA) is 0 Å². The van der Waals surface area contributed by atoms with Gasteiger partial charge >= 0.3 is 37.9 Å². The van der Waals surface area contributed by atoms with Gasteiger partial charge in [-0.3, -0.25) is 0 Å². The van der Waals surface area contributed by atoms with Crippen LogP contribution in [0.3, 0.4) is 0 Å². The minimum atomic E-state index is -0.826. The van der Waals surface area contributed by atoms with E-state index in [2.05, 4.69) is 13.8 Å². The van der Waals surface area contributed by atoms with Gasteiger partial charge in [-0.2, -0.15) is 0 Å². The second-order valence-corrected chi connectivity index (χ2v) is 9.68. The van der Waals surface area contributed by atoms with Crippen LogP contribution in [0.1, 0.15) is 90.9 Å². The standard InChI is InChI=1S/2C8H16.2CH3.2ClH.Zr/c2*1-2-5-8-6-3-4-7-8;;;;;/h2*8H,2-7H2,1H3;2*1H3;2*1H;/q;;2*-1;;;+4/p-2. The van der Waals surface area contributed by atoms with E-state index in [9.17, 15) is 0 Å². The third-order valence-corrected chi connectivity index (χ3v) is 4.34. The Bertz CT molecular complexity index is 147. The summed E-state index contributed by atoms with van der Waals surface area (Å²) in [6.07, 6.45) is 17.9. The quantitative estimate of drug-likeness (QED) is 0.405. The van der Waals surface area contributed by atoms with Crippen molar-refractivity contribution < 1.29 is 20.8 Å². The molecule has 0 spiro atoms. The van der Waals surface area contributed by atoms with E-state index in [1.807, 2.05) is 0 Å². The van der Waals surface area contributed by atoms with E-state index in [0.29, 0.717) is 0 Å². The Morgan fingerprint density at radius 3 is 1.14 bits per heavy atom. The molecular weight excluding hydrogens is 378 g/mol. The first kappa shape index (κ1) is 27.3. The van der Waals surface area contributed by atoms with Gasteiger partial charge in [0.05, 0.1) is 0 Å². The van der Waals surface area contributed by atoms with Crippen molar-refractivity contribution in [3.63, 3.8) is 0 Å². The number of rotatable bonds is 4. The van der Waals surface area contributed by atoms with Gasteiger partial charge in [-0.05, 0) is 11.8 Å². The Labute approximate surface area is 154 Å². The van der Waals surface area contributed by atoms with Crippen LogP contribution < -0.4 is 0 Å². The fourth-order valence-electron chi connectivity index (χ4n) is 3.41. The molecule has 0 radical (unpaired) electrons. The van der Waals surface area contributed by atoms with Gasteiger partial charge in [0.1, 0.15) is 0 Å². The number of halogens is 2. The molecule has 0 N–H and O–H groups in total. The number of hydrogen-bond donors (Lipinski definition) is 0. The molecule has 2 aliphatic rings. The normalized spacial score (nSPS) is 17.3. The fourth-order valence-corrected chi connectivity index (χ4v) is 3.41. The van der Waals surface area contributed by atoms with Crippen molar-refractivity contribution in [1.29, 1.82) is 0 Å². The van der Waals surface area contributed by atoms with Gasteiger partial charge in [-0.15, -0.1) is 0 Å². The maximum atomic E-state index is 4.93. The van der Waals surface area contributed by atoms with Crippen molar-refractivity contribution in [1.82, 2.24) is 0 Å². The van der Waals surface area contributed by atoms with Gasteiger partial charge in [0.2, 0.25) is 0 Å². The predicted octanol–water partition coefficient (Wildman–Crippen LogP) is 8.23. The van der Waals surface area contributed by atoms with Crippen LogP contribution in [0.25, 0.3) is 0 Å². The molecule has 0 heterocycles. The van der Waals surface area contributed by atoms with E-state index in [4.69, 9.17) is 17.0 Å². The van der Waals surface area contributed by atoms with Crippen LogP contribution in [0.4, 0.5) is 0 Å². The second kappa shape index (κ2) is 21.5. The van der Waals surface area contributed by atoms with Crippen LogP contribution in [-0.4, -0.2) is 0 Å². The zero-order chi connectivity index (χ0) is 14.3. The third-order valence-electron chi connectivity index (χ3n) is 4.34. The van der Waals surface area contributed by atoms with E-state index in [1.165, 1.54) is 77.0 Å². The first-order valence-electron chi connectivity index (χ1n) is 8.24. The fraction of sp³-hybridized carbons (Fsp3) is 0.889. The second-order valence-electron chi connectivity index (χ2n) is 5.95. The first-order valence-corrected chi connectivity index (χ1v) is 14.6. The summed E-state index contributed by atoms with van der Waals surface area (Å²) in [5, 5.41) is 0. The van der Waals surface area contributed by atoms with Crippen molar-refractivity contribution in [3.05, 3.63) is 14.9 Å². The summed E-state index contributed by atoms with van der Waals surface area (Å²) >= 11 is -0.826. The van der Waals surface area contributed by atoms with E-state index in [1.54, 1.807) is 0 Å². The molecule has 3 heteroatoms. The van der Waals surface area contributed by atoms with E-state index in [0.717, 1.165) is 11.8 Å². The van der Waals surface area contributed by atoms with Crippen molar-refractivity contribution in [2.45, 2.75) is 90.9 Å². The minimum absolute atomic E-state index is 0. The van der Waals surface area contributed by atoms with E-state index in [-0.39, 0.29) is 14.9 Å². The molecule has 2 fully saturated rings. The average molecular weight is 417 g/mol. The summed E-state index contributed by atoms with van der Waals surface area (Å²) in [4.78, 5) is 0.